The molecule has 0 unspecified atom stereocenters. The van der Waals surface area contributed by atoms with E-state index in [2.05, 4.69) is 0 Å². The predicted octanol–water partition coefficient (Wildman–Crippen LogP) is 1.79. The maximum absolute atomic E-state index is 12.1. The van der Waals surface area contributed by atoms with E-state index in [0.29, 0.717) is 37.5 Å². The second kappa shape index (κ2) is 7.36. The molecule has 0 radical (unpaired) electrons. The molecule has 114 valence electrons. The van der Waals surface area contributed by atoms with Crippen LogP contribution in [0.3, 0.4) is 0 Å². The van der Waals surface area contributed by atoms with E-state index in [1.165, 1.54) is 11.3 Å². The Morgan fingerprint density at radius 3 is 2.19 bits per heavy atom. The molecule has 1 aromatic rings. The van der Waals surface area contributed by atoms with Crippen molar-refractivity contribution in [2.75, 3.05) is 26.2 Å². The molecule has 2 heterocycles. The molecule has 2 amide bonds. The standard InChI is InChI=1S/C15H20N2O3S/c1-2-14(19)16-7-9-17(10-8-16)15(20)6-5-12(18)13-4-3-11-21-13/h3-4,11H,2,5-10H2,1H3. The smallest absolute Gasteiger partial charge is 0.223 e. The number of carbonyl (C=O) groups is 3. The lowest BCUT2D eigenvalue weighted by Gasteiger charge is -2.34. The molecule has 1 aliphatic rings. The van der Waals surface area contributed by atoms with Crippen LogP contribution in [0.15, 0.2) is 17.5 Å². The molecule has 1 aromatic heterocycles. The average Bonchev–Trinajstić information content (AvgIpc) is 3.06. The van der Waals surface area contributed by atoms with Crippen LogP contribution >= 0.6 is 11.3 Å². The van der Waals surface area contributed by atoms with Crippen LogP contribution < -0.4 is 0 Å². The van der Waals surface area contributed by atoms with Gasteiger partial charge in [-0.25, -0.2) is 0 Å². The van der Waals surface area contributed by atoms with Gasteiger partial charge in [-0.2, -0.15) is 0 Å². The van der Waals surface area contributed by atoms with Crippen LogP contribution in [0.5, 0.6) is 0 Å². The van der Waals surface area contributed by atoms with Gasteiger partial charge in [0.2, 0.25) is 11.8 Å². The third-order valence-electron chi connectivity index (χ3n) is 3.65. The van der Waals surface area contributed by atoms with E-state index in [0.717, 1.165) is 0 Å². The van der Waals surface area contributed by atoms with Gasteiger partial charge in [0.1, 0.15) is 0 Å². The zero-order valence-electron chi connectivity index (χ0n) is 12.2. The van der Waals surface area contributed by atoms with Gasteiger partial charge in [-0.05, 0) is 11.4 Å². The van der Waals surface area contributed by atoms with Gasteiger partial charge < -0.3 is 9.80 Å². The van der Waals surface area contributed by atoms with E-state index >= 15 is 0 Å². The van der Waals surface area contributed by atoms with Crippen LogP contribution in [-0.4, -0.2) is 53.6 Å². The Labute approximate surface area is 128 Å². The van der Waals surface area contributed by atoms with E-state index in [9.17, 15) is 14.4 Å². The summed E-state index contributed by atoms with van der Waals surface area (Å²) in [5, 5.41) is 1.86. The Balaban J connectivity index is 1.75. The molecule has 0 bridgehead atoms. The fraction of sp³-hybridized carbons (Fsp3) is 0.533. The normalized spacial score (nSPS) is 15.1. The number of thiophene rings is 1. The monoisotopic (exact) mass is 308 g/mol. The minimum Gasteiger partial charge on any atom is -0.339 e. The Kier molecular flexibility index (Phi) is 5.50. The summed E-state index contributed by atoms with van der Waals surface area (Å²) in [6.07, 6.45) is 1.01. The molecule has 5 nitrogen and oxygen atoms in total. The van der Waals surface area contributed by atoms with Crippen molar-refractivity contribution < 1.29 is 14.4 Å². The third kappa shape index (κ3) is 4.14. The maximum atomic E-state index is 12.1. The lowest BCUT2D eigenvalue weighted by molar-refractivity contribution is -0.139. The van der Waals surface area contributed by atoms with Crippen LogP contribution in [0.25, 0.3) is 0 Å². The molecule has 0 aromatic carbocycles. The van der Waals surface area contributed by atoms with Gasteiger partial charge in [0.25, 0.3) is 0 Å². The van der Waals surface area contributed by atoms with Gasteiger partial charge in [0.05, 0.1) is 4.88 Å². The number of carbonyl (C=O) groups excluding carboxylic acids is 3. The second-order valence-corrected chi connectivity index (χ2v) is 5.96. The van der Waals surface area contributed by atoms with Crippen LogP contribution in [0.2, 0.25) is 0 Å². The van der Waals surface area contributed by atoms with E-state index in [1.54, 1.807) is 15.9 Å². The Morgan fingerprint density at radius 2 is 1.67 bits per heavy atom. The van der Waals surface area contributed by atoms with Crippen molar-refractivity contribution in [1.29, 1.82) is 0 Å². The predicted molar refractivity (Wildman–Crippen MR) is 81.3 cm³/mol. The minimum absolute atomic E-state index is 0.00324. The molecular weight excluding hydrogens is 288 g/mol. The summed E-state index contributed by atoms with van der Waals surface area (Å²) >= 11 is 1.41. The van der Waals surface area contributed by atoms with Crippen LogP contribution in [0, 0.1) is 0 Å². The average molecular weight is 308 g/mol. The third-order valence-corrected chi connectivity index (χ3v) is 4.56. The highest BCUT2D eigenvalue weighted by molar-refractivity contribution is 7.12. The number of nitrogens with zero attached hydrogens (tertiary/aromatic N) is 2. The van der Waals surface area contributed by atoms with Crippen molar-refractivity contribution in [2.45, 2.75) is 26.2 Å². The van der Waals surface area contributed by atoms with Gasteiger partial charge >= 0.3 is 0 Å². The zero-order valence-corrected chi connectivity index (χ0v) is 13.0. The van der Waals surface area contributed by atoms with E-state index in [1.807, 2.05) is 18.4 Å². The Bertz CT molecular complexity index is 505. The highest BCUT2D eigenvalue weighted by Gasteiger charge is 2.23. The SMILES string of the molecule is CCC(=O)N1CCN(C(=O)CCC(=O)c2cccs2)CC1. The molecule has 2 rings (SSSR count). The Morgan fingerprint density at radius 1 is 1.05 bits per heavy atom. The summed E-state index contributed by atoms with van der Waals surface area (Å²) in [6, 6.07) is 3.62. The van der Waals surface area contributed by atoms with Crippen molar-refractivity contribution in [3.05, 3.63) is 22.4 Å². The van der Waals surface area contributed by atoms with Crippen molar-refractivity contribution in [3.8, 4) is 0 Å². The first-order valence-electron chi connectivity index (χ1n) is 7.24. The van der Waals surface area contributed by atoms with Gasteiger partial charge in [-0.15, -0.1) is 11.3 Å². The van der Waals surface area contributed by atoms with E-state index < -0.39 is 0 Å². The lowest BCUT2D eigenvalue weighted by atomic mass is 10.1. The fourth-order valence-corrected chi connectivity index (χ4v) is 3.06. The quantitative estimate of drug-likeness (QED) is 0.779. The molecule has 6 heteroatoms. The van der Waals surface area contributed by atoms with Gasteiger partial charge in [0.15, 0.2) is 5.78 Å². The van der Waals surface area contributed by atoms with Crippen LogP contribution in [-0.2, 0) is 9.59 Å². The summed E-state index contributed by atoms with van der Waals surface area (Å²) in [7, 11) is 0. The first-order chi connectivity index (χ1) is 10.1. The lowest BCUT2D eigenvalue weighted by Crippen LogP contribution is -2.50. The molecular formula is C15H20N2O3S. The Hall–Kier alpha value is -1.69. The van der Waals surface area contributed by atoms with Gasteiger partial charge in [0, 0.05) is 45.4 Å². The molecule has 0 spiro atoms. The van der Waals surface area contributed by atoms with Gasteiger partial charge in [-0.1, -0.05) is 13.0 Å². The highest BCUT2D eigenvalue weighted by Crippen LogP contribution is 2.13. The van der Waals surface area contributed by atoms with Crippen LogP contribution in [0.4, 0.5) is 0 Å². The zero-order chi connectivity index (χ0) is 15.2. The summed E-state index contributed by atoms with van der Waals surface area (Å²) in [4.78, 5) is 39.8. The number of hydrogen-bond donors (Lipinski definition) is 0. The summed E-state index contributed by atoms with van der Waals surface area (Å²) in [5.41, 5.74) is 0. The molecule has 21 heavy (non-hydrogen) atoms. The molecule has 0 aliphatic carbocycles. The maximum Gasteiger partial charge on any atom is 0.223 e. The highest BCUT2D eigenvalue weighted by atomic mass is 32.1. The molecule has 1 aliphatic heterocycles. The van der Waals surface area contributed by atoms with Crippen molar-refractivity contribution in [3.63, 3.8) is 0 Å². The van der Waals surface area contributed by atoms with Crippen LogP contribution in [0.1, 0.15) is 35.9 Å². The number of ketones is 1. The molecule has 0 N–H and O–H groups in total. The van der Waals surface area contributed by atoms with E-state index in [4.69, 9.17) is 0 Å². The summed E-state index contributed by atoms with van der Waals surface area (Å²) in [5.74, 6) is 0.164. The first-order valence-corrected chi connectivity index (χ1v) is 8.12. The summed E-state index contributed by atoms with van der Waals surface area (Å²) in [6.45, 7) is 4.17. The topological polar surface area (TPSA) is 57.7 Å². The molecule has 0 saturated carbocycles. The molecule has 1 saturated heterocycles. The minimum atomic E-state index is 0.00324. The number of piperazine rings is 1. The van der Waals surface area contributed by atoms with E-state index in [-0.39, 0.29) is 30.4 Å². The fourth-order valence-electron chi connectivity index (χ4n) is 2.37. The number of amides is 2. The van der Waals surface area contributed by atoms with Gasteiger partial charge in [-0.3, -0.25) is 14.4 Å². The molecule has 1 fully saturated rings. The van der Waals surface area contributed by atoms with Crippen molar-refractivity contribution >= 4 is 28.9 Å². The number of hydrogen-bond acceptors (Lipinski definition) is 4. The first kappa shape index (κ1) is 15.7. The largest absolute Gasteiger partial charge is 0.339 e. The molecule has 0 atom stereocenters. The second-order valence-electron chi connectivity index (χ2n) is 5.02. The van der Waals surface area contributed by atoms with Crippen molar-refractivity contribution in [1.82, 2.24) is 9.80 Å². The van der Waals surface area contributed by atoms with Crippen molar-refractivity contribution in [2.24, 2.45) is 0 Å². The number of Topliss-reactive ketones (excluding diaryl/α,β-unsaturated/α-hetero) is 1. The summed E-state index contributed by atoms with van der Waals surface area (Å²) < 4.78 is 0. The number of rotatable bonds is 5.